The van der Waals surface area contributed by atoms with Crippen LogP contribution in [-0.2, 0) is 17.1 Å². The molecule has 3 heteroatoms. The summed E-state index contributed by atoms with van der Waals surface area (Å²) in [5, 5.41) is 5.20. The van der Waals surface area contributed by atoms with Gasteiger partial charge < -0.3 is 14.9 Å². The second-order valence-corrected chi connectivity index (χ2v) is 20.4. The molecule has 2 fully saturated rings. The maximum atomic E-state index is 2.60. The first-order valence-corrected chi connectivity index (χ1v) is 18.6. The topological polar surface area (TPSA) is 0 Å². The van der Waals surface area contributed by atoms with Gasteiger partial charge in [0, 0.05) is 0 Å². The third-order valence-electron chi connectivity index (χ3n) is 8.90. The Kier molecular flexibility index (Phi) is 17.0. The molecular weight excluding hydrogens is 598 g/mol. The zero-order valence-corrected chi connectivity index (χ0v) is 31.6. The summed E-state index contributed by atoms with van der Waals surface area (Å²) in [5.74, 6) is 1.43. The van der Waals surface area contributed by atoms with Crippen LogP contribution in [0.3, 0.4) is 0 Å². The van der Waals surface area contributed by atoms with Crippen LogP contribution in [0, 0.1) is 20.8 Å². The Morgan fingerprint density at radius 3 is 1.44 bits per heavy atom. The Bertz CT molecular complexity index is 1100. The summed E-state index contributed by atoms with van der Waals surface area (Å²) in [6.45, 7) is 17.5. The van der Waals surface area contributed by atoms with Crippen LogP contribution in [0.1, 0.15) is 111 Å². The van der Waals surface area contributed by atoms with Gasteiger partial charge in [0.25, 0.3) is 0 Å². The molecule has 0 heterocycles. The summed E-state index contributed by atoms with van der Waals surface area (Å²) in [4.78, 5) is 0. The molecule has 0 nitrogen and oxygen atoms in total. The van der Waals surface area contributed by atoms with Gasteiger partial charge in [-0.2, -0.15) is 0 Å². The van der Waals surface area contributed by atoms with Crippen LogP contribution < -0.4 is 15.9 Å². The van der Waals surface area contributed by atoms with Crippen molar-refractivity contribution >= 4 is 31.8 Å². The Balaban J connectivity index is 0.00000105. The Labute approximate surface area is 280 Å². The van der Waals surface area contributed by atoms with Crippen molar-refractivity contribution in [2.24, 2.45) is 5.92 Å². The molecule has 3 aromatic carbocycles. The minimum Gasteiger partial charge on any atom is -0.358 e. The minimum absolute atomic E-state index is 0. The molecule has 3 aromatic rings. The fourth-order valence-electron chi connectivity index (χ4n) is 7.84. The van der Waals surface area contributed by atoms with Crippen LogP contribution in [0.15, 0.2) is 84.9 Å². The van der Waals surface area contributed by atoms with Crippen molar-refractivity contribution in [1.82, 2.24) is 0 Å². The van der Waals surface area contributed by atoms with Crippen molar-refractivity contribution in [2.75, 3.05) is 0 Å². The summed E-state index contributed by atoms with van der Waals surface area (Å²) >= 11 is 0. The number of hydrogen-bond acceptors (Lipinski definition) is 0. The molecule has 2 aliphatic carbocycles. The molecule has 43 heavy (non-hydrogen) atoms. The summed E-state index contributed by atoms with van der Waals surface area (Å²) in [5.41, 5.74) is 2.38. The molecule has 0 aromatic heterocycles. The van der Waals surface area contributed by atoms with Crippen molar-refractivity contribution in [1.29, 1.82) is 0 Å². The molecule has 3 atom stereocenters. The standard InChI is InChI=1S/C33H44P2.C5H10.2CH3.Fe/c1-25(35(32(2,3)4)33(5,6)7)28-22-16-23-29(28)30-21-14-15-24-31(30)34(26-17-10-8-11-18-26)27-19-12-9-13-20-27;1-2-4-5-3-1;;;/h8-15,17-21,24-25,28-29H,16,22-23H2,1-7H3;1-5H2;2*1H3;/q;;2*-1;+2/t25-,28?,29?;;;;/m1..../s1. The predicted molar refractivity (Wildman–Crippen MR) is 197 cm³/mol. The van der Waals surface area contributed by atoms with Gasteiger partial charge in [-0.3, -0.25) is 0 Å². The smallest absolute Gasteiger partial charge is 0.358 e. The molecule has 2 aliphatic rings. The van der Waals surface area contributed by atoms with Gasteiger partial charge in [-0.05, 0) is 70.0 Å². The fraction of sp³-hybridized carbons (Fsp3) is 0.500. The maximum Gasteiger partial charge on any atom is 2.00 e. The van der Waals surface area contributed by atoms with E-state index in [4.69, 9.17) is 0 Å². The van der Waals surface area contributed by atoms with E-state index in [1.165, 1.54) is 62.0 Å². The normalized spacial score (nSPS) is 19.0. The molecular formula is C40H60FeP2. The summed E-state index contributed by atoms with van der Waals surface area (Å²) in [7, 11) is -0.716. The quantitative estimate of drug-likeness (QED) is 0.140. The van der Waals surface area contributed by atoms with Gasteiger partial charge in [0.2, 0.25) is 0 Å². The first-order chi connectivity index (χ1) is 19.1. The van der Waals surface area contributed by atoms with Crippen LogP contribution in [-0.4, -0.2) is 16.0 Å². The third-order valence-corrected chi connectivity index (χ3v) is 15.5. The van der Waals surface area contributed by atoms with Gasteiger partial charge >= 0.3 is 17.1 Å². The Morgan fingerprint density at radius 2 is 1.00 bits per heavy atom. The number of benzene rings is 3. The van der Waals surface area contributed by atoms with Gasteiger partial charge in [0.1, 0.15) is 0 Å². The van der Waals surface area contributed by atoms with Crippen molar-refractivity contribution < 1.29 is 17.1 Å². The van der Waals surface area contributed by atoms with E-state index in [9.17, 15) is 0 Å². The molecule has 0 radical (unpaired) electrons. The van der Waals surface area contributed by atoms with Crippen LogP contribution in [0.25, 0.3) is 0 Å². The number of rotatable bonds is 6. The largest absolute Gasteiger partial charge is 2.00 e. The zero-order valence-electron chi connectivity index (χ0n) is 28.7. The summed E-state index contributed by atoms with van der Waals surface area (Å²) < 4.78 is 0. The van der Waals surface area contributed by atoms with Gasteiger partial charge in [-0.25, -0.2) is 0 Å². The van der Waals surface area contributed by atoms with Crippen LogP contribution >= 0.6 is 15.8 Å². The average molecular weight is 659 g/mol. The van der Waals surface area contributed by atoms with E-state index < -0.39 is 7.92 Å². The Hall–Kier alpha value is -0.961. The van der Waals surface area contributed by atoms with Gasteiger partial charge in [0.05, 0.1) is 0 Å². The van der Waals surface area contributed by atoms with E-state index in [1.54, 1.807) is 10.9 Å². The van der Waals surface area contributed by atoms with E-state index in [2.05, 4.69) is 133 Å². The molecule has 0 amide bonds. The Morgan fingerprint density at radius 1 is 0.581 bits per heavy atom. The van der Waals surface area contributed by atoms with Crippen LogP contribution in [0.4, 0.5) is 0 Å². The minimum atomic E-state index is -0.576. The fourth-order valence-corrected chi connectivity index (χ4v) is 15.6. The molecule has 2 saturated carbocycles. The van der Waals surface area contributed by atoms with E-state index in [0.29, 0.717) is 16.2 Å². The average Bonchev–Trinajstić information content (AvgIpc) is 3.65. The van der Waals surface area contributed by atoms with Crippen molar-refractivity contribution in [3.05, 3.63) is 105 Å². The first kappa shape index (κ1) is 40.1. The van der Waals surface area contributed by atoms with E-state index in [-0.39, 0.29) is 39.8 Å². The van der Waals surface area contributed by atoms with Crippen LogP contribution in [0.2, 0.25) is 0 Å². The molecule has 2 unspecified atom stereocenters. The second kappa shape index (κ2) is 18.3. The molecule has 0 bridgehead atoms. The molecule has 238 valence electrons. The molecule has 0 N–H and O–H groups in total. The molecule has 5 rings (SSSR count). The van der Waals surface area contributed by atoms with Gasteiger partial charge in [0.15, 0.2) is 0 Å². The second-order valence-electron chi connectivity index (χ2n) is 14.0. The monoisotopic (exact) mass is 658 g/mol. The number of hydrogen-bond donors (Lipinski definition) is 0. The van der Waals surface area contributed by atoms with Crippen molar-refractivity contribution in [3.8, 4) is 0 Å². The summed E-state index contributed by atoms with van der Waals surface area (Å²) in [6, 6.07) is 31.9. The van der Waals surface area contributed by atoms with Crippen molar-refractivity contribution in [2.45, 2.75) is 122 Å². The molecule has 0 aliphatic heterocycles. The van der Waals surface area contributed by atoms with E-state index >= 15 is 0 Å². The molecule has 0 spiro atoms. The van der Waals surface area contributed by atoms with Crippen molar-refractivity contribution in [3.63, 3.8) is 0 Å². The van der Waals surface area contributed by atoms with E-state index in [1.807, 2.05) is 0 Å². The predicted octanol–water partition coefficient (Wildman–Crippen LogP) is 11.6. The van der Waals surface area contributed by atoms with E-state index in [0.717, 1.165) is 11.6 Å². The first-order valence-electron chi connectivity index (χ1n) is 15.9. The van der Waals surface area contributed by atoms with Crippen LogP contribution in [0.5, 0.6) is 0 Å². The SMILES string of the molecule is C1CCCC1.C[C@H](C1CCCC1c1ccccc1P(c1ccccc1)c1ccccc1)P(C(C)(C)C)C(C)(C)C.[CH3-].[CH3-].[Fe+2]. The zero-order chi connectivity index (χ0) is 28.8. The summed E-state index contributed by atoms with van der Waals surface area (Å²) in [6.07, 6.45) is 11.6. The molecule has 0 saturated heterocycles. The third kappa shape index (κ3) is 10.5. The maximum absolute atomic E-state index is 2.60. The van der Waals surface area contributed by atoms with Gasteiger partial charge in [-0.1, -0.05) is 180 Å². The van der Waals surface area contributed by atoms with Gasteiger partial charge in [-0.15, -0.1) is 0 Å².